The maximum Gasteiger partial charge on any atom is 0.165 e. The van der Waals surface area contributed by atoms with Gasteiger partial charge in [-0.25, -0.2) is 4.98 Å². The summed E-state index contributed by atoms with van der Waals surface area (Å²) in [6.45, 7) is 5.35. The quantitative estimate of drug-likeness (QED) is 0.762. The third-order valence-electron chi connectivity index (χ3n) is 2.88. The van der Waals surface area contributed by atoms with Crippen LogP contribution in [0.3, 0.4) is 0 Å². The molecule has 0 aliphatic carbocycles. The Bertz CT molecular complexity index is 526. The van der Waals surface area contributed by atoms with Crippen molar-refractivity contribution in [1.29, 1.82) is 0 Å². The summed E-state index contributed by atoms with van der Waals surface area (Å²) < 4.78 is 5.48. The summed E-state index contributed by atoms with van der Waals surface area (Å²) in [6, 6.07) is 6.12. The van der Waals surface area contributed by atoms with Crippen LogP contribution in [0.5, 0.6) is 5.75 Å². The normalized spacial score (nSPS) is 10.8. The van der Waals surface area contributed by atoms with Gasteiger partial charge in [0.2, 0.25) is 0 Å². The standard InChI is InChI=1S/C15H21N3OS/c1-11(2)9-18-13-5-4-6-14(19-3)12(13)10-20-15-16-7-8-17-15/h4-8,11,18H,9-10H2,1-3H3,(H,16,17). The van der Waals surface area contributed by atoms with Gasteiger partial charge in [0.1, 0.15) is 5.75 Å². The lowest BCUT2D eigenvalue weighted by atomic mass is 10.1. The molecule has 0 spiro atoms. The SMILES string of the molecule is COc1cccc(NCC(C)C)c1CSc1ncc[nH]1. The lowest BCUT2D eigenvalue weighted by Gasteiger charge is -2.16. The molecule has 0 aliphatic rings. The van der Waals surface area contributed by atoms with E-state index >= 15 is 0 Å². The van der Waals surface area contributed by atoms with Gasteiger partial charge in [0.05, 0.1) is 7.11 Å². The average molecular weight is 291 g/mol. The summed E-state index contributed by atoms with van der Waals surface area (Å²) in [7, 11) is 1.71. The molecule has 2 N–H and O–H groups in total. The predicted molar refractivity (Wildman–Crippen MR) is 84.5 cm³/mol. The molecule has 0 radical (unpaired) electrons. The van der Waals surface area contributed by atoms with Gasteiger partial charge in [0, 0.05) is 35.9 Å². The number of ether oxygens (including phenoxy) is 1. The third kappa shape index (κ3) is 3.93. The highest BCUT2D eigenvalue weighted by Gasteiger charge is 2.10. The zero-order valence-corrected chi connectivity index (χ0v) is 13.0. The maximum atomic E-state index is 5.48. The largest absolute Gasteiger partial charge is 0.496 e. The molecule has 0 bridgehead atoms. The number of benzene rings is 1. The molecular weight excluding hydrogens is 270 g/mol. The number of hydrogen-bond donors (Lipinski definition) is 2. The van der Waals surface area contributed by atoms with E-state index in [9.17, 15) is 0 Å². The Morgan fingerprint density at radius 3 is 2.90 bits per heavy atom. The smallest absolute Gasteiger partial charge is 0.165 e. The molecule has 1 aromatic carbocycles. The second-order valence-electron chi connectivity index (χ2n) is 4.94. The van der Waals surface area contributed by atoms with Gasteiger partial charge in [-0.15, -0.1) is 0 Å². The number of aromatic amines is 1. The van der Waals surface area contributed by atoms with E-state index in [4.69, 9.17) is 4.74 Å². The number of H-pyrrole nitrogens is 1. The van der Waals surface area contributed by atoms with E-state index in [1.807, 2.05) is 18.3 Å². The van der Waals surface area contributed by atoms with Crippen LogP contribution in [0, 0.1) is 5.92 Å². The van der Waals surface area contributed by atoms with Crippen molar-refractivity contribution in [2.24, 2.45) is 5.92 Å². The van der Waals surface area contributed by atoms with Crippen LogP contribution < -0.4 is 10.1 Å². The van der Waals surface area contributed by atoms with Gasteiger partial charge in [-0.1, -0.05) is 31.7 Å². The molecule has 20 heavy (non-hydrogen) atoms. The Morgan fingerprint density at radius 1 is 1.40 bits per heavy atom. The maximum absolute atomic E-state index is 5.48. The fourth-order valence-electron chi connectivity index (χ4n) is 1.86. The van der Waals surface area contributed by atoms with Crippen molar-refractivity contribution in [3.63, 3.8) is 0 Å². The molecule has 4 nitrogen and oxygen atoms in total. The van der Waals surface area contributed by atoms with E-state index in [0.717, 1.165) is 28.9 Å². The highest BCUT2D eigenvalue weighted by Crippen LogP contribution is 2.32. The second kappa shape index (κ2) is 7.24. The van der Waals surface area contributed by atoms with E-state index in [-0.39, 0.29) is 0 Å². The van der Waals surface area contributed by atoms with Crippen molar-refractivity contribution < 1.29 is 4.74 Å². The fraction of sp³-hybridized carbons (Fsp3) is 0.400. The summed E-state index contributed by atoms with van der Waals surface area (Å²) in [5.41, 5.74) is 2.31. The number of anilines is 1. The molecule has 1 aromatic heterocycles. The molecule has 2 aromatic rings. The molecular formula is C15H21N3OS. The third-order valence-corrected chi connectivity index (χ3v) is 3.81. The highest BCUT2D eigenvalue weighted by molar-refractivity contribution is 7.98. The van der Waals surface area contributed by atoms with E-state index in [0.29, 0.717) is 5.92 Å². The molecule has 0 saturated carbocycles. The van der Waals surface area contributed by atoms with Crippen LogP contribution in [-0.2, 0) is 5.75 Å². The molecule has 0 aliphatic heterocycles. The Balaban J connectivity index is 2.14. The summed E-state index contributed by atoms with van der Waals surface area (Å²) in [6.07, 6.45) is 3.60. The molecule has 0 saturated heterocycles. The molecule has 0 amide bonds. The van der Waals surface area contributed by atoms with Crippen molar-refractivity contribution in [3.05, 3.63) is 36.2 Å². The lowest BCUT2D eigenvalue weighted by Crippen LogP contribution is -2.10. The van der Waals surface area contributed by atoms with Crippen LogP contribution in [0.4, 0.5) is 5.69 Å². The number of methoxy groups -OCH3 is 1. The van der Waals surface area contributed by atoms with Crippen LogP contribution >= 0.6 is 11.8 Å². The molecule has 108 valence electrons. The number of nitrogens with one attached hydrogen (secondary N) is 2. The monoisotopic (exact) mass is 291 g/mol. The van der Waals surface area contributed by atoms with Crippen LogP contribution in [0.15, 0.2) is 35.7 Å². The number of rotatable bonds is 7. The number of nitrogens with zero attached hydrogens (tertiary/aromatic N) is 1. The summed E-state index contributed by atoms with van der Waals surface area (Å²) in [4.78, 5) is 7.34. The van der Waals surface area contributed by atoms with Gasteiger partial charge in [0.25, 0.3) is 0 Å². The molecule has 2 rings (SSSR count). The Morgan fingerprint density at radius 2 is 2.25 bits per heavy atom. The van der Waals surface area contributed by atoms with E-state index < -0.39 is 0 Å². The Kier molecular flexibility index (Phi) is 5.35. The van der Waals surface area contributed by atoms with E-state index in [1.54, 1.807) is 25.1 Å². The van der Waals surface area contributed by atoms with Crippen molar-refractivity contribution in [1.82, 2.24) is 9.97 Å². The molecule has 1 heterocycles. The first-order valence-corrected chi connectivity index (χ1v) is 7.71. The highest BCUT2D eigenvalue weighted by atomic mass is 32.2. The van der Waals surface area contributed by atoms with Crippen molar-refractivity contribution in [3.8, 4) is 5.75 Å². The zero-order valence-electron chi connectivity index (χ0n) is 12.1. The first-order valence-electron chi connectivity index (χ1n) is 6.72. The molecule has 0 atom stereocenters. The minimum atomic E-state index is 0.603. The van der Waals surface area contributed by atoms with Crippen molar-refractivity contribution in [2.75, 3.05) is 19.0 Å². The van der Waals surface area contributed by atoms with Gasteiger partial charge >= 0.3 is 0 Å². The van der Waals surface area contributed by atoms with Gasteiger partial charge in [-0.05, 0) is 18.1 Å². The van der Waals surface area contributed by atoms with Gasteiger partial charge < -0.3 is 15.0 Å². The first kappa shape index (κ1) is 14.8. The van der Waals surface area contributed by atoms with Gasteiger partial charge in [0.15, 0.2) is 5.16 Å². The predicted octanol–water partition coefficient (Wildman–Crippen LogP) is 3.78. The Labute approximate surface area is 124 Å². The number of hydrogen-bond acceptors (Lipinski definition) is 4. The minimum Gasteiger partial charge on any atom is -0.496 e. The second-order valence-corrected chi connectivity index (χ2v) is 5.91. The number of thioether (sulfide) groups is 1. The number of imidazole rings is 1. The molecule has 5 heteroatoms. The van der Waals surface area contributed by atoms with Crippen LogP contribution in [0.25, 0.3) is 0 Å². The first-order chi connectivity index (χ1) is 9.70. The number of aromatic nitrogens is 2. The zero-order chi connectivity index (χ0) is 14.4. The molecule has 0 unspecified atom stereocenters. The Hall–Kier alpha value is -1.62. The van der Waals surface area contributed by atoms with Gasteiger partial charge in [-0.3, -0.25) is 0 Å². The lowest BCUT2D eigenvalue weighted by molar-refractivity contribution is 0.411. The van der Waals surface area contributed by atoms with Crippen LogP contribution in [0.1, 0.15) is 19.4 Å². The van der Waals surface area contributed by atoms with Crippen molar-refractivity contribution >= 4 is 17.4 Å². The summed E-state index contributed by atoms with van der Waals surface area (Å²) in [5.74, 6) is 2.34. The summed E-state index contributed by atoms with van der Waals surface area (Å²) in [5, 5.41) is 4.42. The topological polar surface area (TPSA) is 49.9 Å². The molecule has 0 fully saturated rings. The van der Waals surface area contributed by atoms with Crippen LogP contribution in [0.2, 0.25) is 0 Å². The van der Waals surface area contributed by atoms with E-state index in [2.05, 4.69) is 35.2 Å². The van der Waals surface area contributed by atoms with E-state index in [1.165, 1.54) is 5.56 Å². The van der Waals surface area contributed by atoms with Crippen molar-refractivity contribution in [2.45, 2.75) is 24.8 Å². The average Bonchev–Trinajstić information content (AvgIpc) is 2.96. The minimum absolute atomic E-state index is 0.603. The van der Waals surface area contributed by atoms with Gasteiger partial charge in [-0.2, -0.15) is 0 Å². The fourth-order valence-corrected chi connectivity index (χ4v) is 2.72. The summed E-state index contributed by atoms with van der Waals surface area (Å²) >= 11 is 1.67. The van der Waals surface area contributed by atoms with Crippen LogP contribution in [-0.4, -0.2) is 23.6 Å².